The van der Waals surface area contributed by atoms with Crippen molar-refractivity contribution in [3.05, 3.63) is 85.7 Å². The number of halogens is 1. The molecule has 2 unspecified atom stereocenters. The largest absolute Gasteiger partial charge is 1.00 e. The maximum atomic E-state index is 6.94. The summed E-state index contributed by atoms with van der Waals surface area (Å²) in [4.78, 5) is 3.99. The minimum atomic E-state index is -1.70. The molecule has 0 saturated carbocycles. The first-order chi connectivity index (χ1) is 21.1. The van der Waals surface area contributed by atoms with E-state index in [1.54, 1.807) is 33.4 Å². The second-order valence-electron chi connectivity index (χ2n) is 20.1. The van der Waals surface area contributed by atoms with Crippen molar-refractivity contribution in [3.8, 4) is 0 Å². The van der Waals surface area contributed by atoms with Gasteiger partial charge in [0.2, 0.25) is 0 Å². The summed E-state index contributed by atoms with van der Waals surface area (Å²) in [6, 6.07) is 9.94. The zero-order valence-electron chi connectivity index (χ0n) is 33.8. The number of hydrogen-bond donors (Lipinski definition) is 1. The average molecular weight is 698 g/mol. The summed E-state index contributed by atoms with van der Waals surface area (Å²) < 4.78 is 0. The Morgan fingerprint density at radius 2 is 0.979 bits per heavy atom. The summed E-state index contributed by atoms with van der Waals surface area (Å²) in [5, 5.41) is 0. The zero-order chi connectivity index (χ0) is 35.7. The molecule has 0 bridgehead atoms. The van der Waals surface area contributed by atoms with Crippen molar-refractivity contribution in [1.29, 1.82) is 0 Å². The fourth-order valence-corrected chi connectivity index (χ4v) is 16.5. The van der Waals surface area contributed by atoms with Gasteiger partial charge in [-0.25, -0.2) is 0 Å². The van der Waals surface area contributed by atoms with Gasteiger partial charge in [0.05, 0.1) is 0 Å². The van der Waals surface area contributed by atoms with Crippen molar-refractivity contribution in [1.82, 2.24) is 4.98 Å². The zero-order valence-corrected chi connectivity index (χ0v) is 36.6. The predicted molar refractivity (Wildman–Crippen MR) is 216 cm³/mol. The Bertz CT molecular complexity index is 1570. The number of fused-ring (bicyclic) bond motifs is 4. The van der Waals surface area contributed by atoms with E-state index < -0.39 is 15.6 Å². The summed E-state index contributed by atoms with van der Waals surface area (Å²) in [5.74, 6) is 0. The summed E-state index contributed by atoms with van der Waals surface area (Å²) in [7, 11) is -3.31. The molecule has 0 aromatic heterocycles. The van der Waals surface area contributed by atoms with Crippen LogP contribution in [0.1, 0.15) is 139 Å². The Morgan fingerprint density at radius 1 is 0.667 bits per heavy atom. The molecule has 2 N–H and O–H groups in total. The smallest absolute Gasteiger partial charge is 0.673 e. The van der Waals surface area contributed by atoms with Gasteiger partial charge in [-0.05, 0) is 116 Å². The van der Waals surface area contributed by atoms with Gasteiger partial charge in [-0.15, -0.1) is 5.54 Å². The van der Waals surface area contributed by atoms with Crippen LogP contribution in [0.25, 0.3) is 17.9 Å². The van der Waals surface area contributed by atoms with E-state index in [2.05, 4.69) is 130 Å². The molecule has 0 spiro atoms. The van der Waals surface area contributed by atoms with Gasteiger partial charge in [-0.3, -0.25) is 0 Å². The number of hydrogen-bond acceptors (Lipinski definition) is 1. The maximum Gasteiger partial charge on any atom is 1.00 e. The summed E-state index contributed by atoms with van der Waals surface area (Å²) in [6.45, 7) is 36.1. The van der Waals surface area contributed by atoms with Crippen LogP contribution in [0.15, 0.2) is 35.4 Å². The van der Waals surface area contributed by atoms with Crippen molar-refractivity contribution in [3.63, 3.8) is 0 Å². The van der Waals surface area contributed by atoms with Crippen molar-refractivity contribution in [2.75, 3.05) is 0 Å². The molecule has 260 valence electrons. The number of nitrogens with one attached hydrogen (secondary N) is 2. The summed E-state index contributed by atoms with van der Waals surface area (Å²) in [5.41, 5.74) is 24.2. The molecule has 0 radical (unpaired) electrons. The van der Waals surface area contributed by atoms with E-state index in [1.165, 1.54) is 47.9 Å². The van der Waals surface area contributed by atoms with Gasteiger partial charge in [-0.1, -0.05) is 122 Å². The number of allylic oxidation sites excluding steroid dienone is 2. The molecule has 2 aromatic rings. The van der Waals surface area contributed by atoms with Gasteiger partial charge < -0.3 is 10.7 Å². The van der Waals surface area contributed by atoms with Gasteiger partial charge in [0.1, 0.15) is 8.24 Å². The predicted octanol–water partition coefficient (Wildman–Crippen LogP) is 9.58. The fraction of sp³-hybridized carbons (Fsp3) is 0.619. The second-order valence-corrected chi connectivity index (χ2v) is 31.0. The van der Waals surface area contributed by atoms with E-state index in [0.29, 0.717) is 21.9 Å². The van der Waals surface area contributed by atoms with E-state index in [-0.39, 0.29) is 29.9 Å². The minimum Gasteiger partial charge on any atom is -0.673 e. The second kappa shape index (κ2) is 13.9. The van der Waals surface area contributed by atoms with Crippen LogP contribution >= 0.6 is 11.1 Å². The summed E-state index contributed by atoms with van der Waals surface area (Å²) in [6.07, 6.45) is 9.71. The Hall–Kier alpha value is -0.839. The van der Waals surface area contributed by atoms with Gasteiger partial charge in [-0.2, -0.15) is 11.1 Å². The van der Waals surface area contributed by atoms with Crippen LogP contribution < -0.4 is 23.8 Å². The molecule has 0 heterocycles. The van der Waals surface area contributed by atoms with Crippen LogP contribution in [-0.2, 0) is 25.7 Å². The molecular weight excluding hydrogens is 631 g/mol. The molecule has 4 aliphatic carbocycles. The molecule has 2 nitrogen and oxygen atoms in total. The fourth-order valence-electron chi connectivity index (χ4n) is 9.11. The third kappa shape index (κ3) is 10.1. The van der Waals surface area contributed by atoms with Crippen molar-refractivity contribution < 1.29 is 18.9 Å². The van der Waals surface area contributed by atoms with Crippen molar-refractivity contribution >= 4 is 38.9 Å². The van der Waals surface area contributed by atoms with Crippen LogP contribution in [-0.4, -0.2) is 26.7 Å². The normalized spacial score (nSPS) is 21.7. The first kappa shape index (κ1) is 41.6. The molecule has 4 aliphatic rings. The van der Waals surface area contributed by atoms with Crippen molar-refractivity contribution in [2.24, 2.45) is 10.8 Å². The molecule has 0 aliphatic heterocycles. The number of benzene rings is 2. The molecule has 0 amide bonds. The van der Waals surface area contributed by atoms with E-state index >= 15 is 0 Å². The molecule has 0 fully saturated rings. The molecule has 2 aromatic carbocycles. The molecule has 48 heavy (non-hydrogen) atoms. The van der Waals surface area contributed by atoms with Crippen LogP contribution in [0.5, 0.6) is 0 Å². The topological polar surface area (TPSA) is 35.8 Å². The van der Waals surface area contributed by atoms with Gasteiger partial charge in [0.25, 0.3) is 0 Å². The standard InChI is InChI=1S/C21H33NSi.C17H23ClSi.C4H10N.Li/c1-14-9-15-10-16-12-21(5,6)13-17(16)11-18(15)19(14)23(7,8)22-20(2,3)4;1-11-6-12-7-13-9-17(2,3)10-14(13)8-15(12)16(11)19(4,5)18;1-4(2,3)5;/h9-11,19,22H,12-13H2,1-8H3;6-8,16H,9-10H2,1-5H3;5H,1-3H3;/q;;-1;+1. The maximum absolute atomic E-state index is 6.94. The van der Waals surface area contributed by atoms with Gasteiger partial charge in [0.15, 0.2) is 7.38 Å². The van der Waals surface area contributed by atoms with Crippen LogP contribution in [0.3, 0.4) is 0 Å². The Kier molecular flexibility index (Phi) is 12.1. The quantitative estimate of drug-likeness (QED) is 0.252. The van der Waals surface area contributed by atoms with Crippen LogP contribution in [0.4, 0.5) is 0 Å². The molecule has 2 atom stereocenters. The molecule has 6 heteroatoms. The molecule has 6 rings (SSSR count). The van der Waals surface area contributed by atoms with Crippen LogP contribution in [0, 0.1) is 10.8 Å². The third-order valence-electron chi connectivity index (χ3n) is 9.89. The van der Waals surface area contributed by atoms with Gasteiger partial charge in [0, 0.05) is 16.6 Å². The van der Waals surface area contributed by atoms with Crippen LogP contribution in [0.2, 0.25) is 26.2 Å². The van der Waals surface area contributed by atoms with Crippen molar-refractivity contribution in [2.45, 2.75) is 157 Å². The van der Waals surface area contributed by atoms with E-state index in [9.17, 15) is 0 Å². The molecule has 0 saturated heterocycles. The van der Waals surface area contributed by atoms with E-state index in [4.69, 9.17) is 16.8 Å². The molecular formula is C42H66ClLiN2Si2. The third-order valence-corrected chi connectivity index (χ3v) is 16.3. The SMILES string of the molecule is CC(C)(C)[NH-].CC1=Cc2cc3c(cc2C1[Si](C)(C)Cl)CC(C)(C)C3.CC1=Cc2cc3c(cc2C1[Si](C)(C)NC(C)(C)C)CC(C)(C)C3.[Li+]. The van der Waals surface area contributed by atoms with E-state index in [0.717, 1.165) is 0 Å². The van der Waals surface area contributed by atoms with Gasteiger partial charge >= 0.3 is 18.9 Å². The first-order valence-corrected chi connectivity index (χ1v) is 25.1. The Morgan fingerprint density at radius 3 is 1.31 bits per heavy atom. The average Bonchev–Trinajstić information content (AvgIpc) is 3.48. The summed E-state index contributed by atoms with van der Waals surface area (Å²) >= 11 is 6.77. The number of rotatable bonds is 3. The Balaban J connectivity index is 0.000000227. The first-order valence-electron chi connectivity index (χ1n) is 18.0. The monoisotopic (exact) mass is 696 g/mol. The Labute approximate surface area is 314 Å². The van der Waals surface area contributed by atoms with E-state index in [1.807, 2.05) is 20.8 Å². The minimum absolute atomic E-state index is 0.